The third kappa shape index (κ3) is 5.41. The topological polar surface area (TPSA) is 0 Å². The fraction of sp³-hybridized carbons (Fsp3) is 0.158. The van der Waals surface area contributed by atoms with Gasteiger partial charge in [0.2, 0.25) is 0 Å². The van der Waals surface area contributed by atoms with Crippen molar-refractivity contribution in [2.75, 3.05) is 0 Å². The molecule has 0 saturated carbocycles. The van der Waals surface area contributed by atoms with Crippen molar-refractivity contribution in [3.05, 3.63) is 134 Å². The molecule has 0 fully saturated rings. The minimum Gasteiger partial charge on any atom is -0.358 e. The van der Waals surface area contributed by atoms with Crippen molar-refractivity contribution >= 4 is 40.0 Å². The van der Waals surface area contributed by atoms with E-state index in [9.17, 15) is 0 Å². The Hall–Kier alpha value is -2.81. The molecule has 0 bridgehead atoms. The molecule has 200 valence electrons. The number of benzene rings is 4. The summed E-state index contributed by atoms with van der Waals surface area (Å²) in [5.41, 5.74) is 10.7. The van der Waals surface area contributed by atoms with E-state index in [2.05, 4.69) is 138 Å². The predicted octanol–water partition coefficient (Wildman–Crippen LogP) is 9.72. The average Bonchev–Trinajstić information content (AvgIpc) is 3.52. The third-order valence-electron chi connectivity index (χ3n) is 8.31. The van der Waals surface area contributed by atoms with Crippen LogP contribution in [0.2, 0.25) is 13.1 Å². The van der Waals surface area contributed by atoms with Crippen LogP contribution in [0.4, 0.5) is 0 Å². The van der Waals surface area contributed by atoms with Gasteiger partial charge in [-0.15, -0.1) is 68.3 Å². The summed E-state index contributed by atoms with van der Waals surface area (Å²) in [6.45, 7) is 13.8. The summed E-state index contributed by atoms with van der Waals surface area (Å²) in [5.74, 6) is 0. The van der Waals surface area contributed by atoms with E-state index in [1.807, 2.05) is 0 Å². The molecule has 40 heavy (non-hydrogen) atoms. The Balaban J connectivity index is 0.00000147. The first kappa shape index (κ1) is 31.7. The Morgan fingerprint density at radius 1 is 0.500 bits per heavy atom. The van der Waals surface area contributed by atoms with Crippen LogP contribution in [0.15, 0.2) is 97.1 Å². The molecule has 2 heteroatoms. The minimum atomic E-state index is -1.92. The fourth-order valence-corrected chi connectivity index (χ4v) is 8.26. The number of hydrogen-bond donors (Lipinski definition) is 0. The Morgan fingerprint density at radius 3 is 1.30 bits per heavy atom. The van der Waals surface area contributed by atoms with Crippen LogP contribution in [0.5, 0.6) is 0 Å². The largest absolute Gasteiger partial charge is 4.00 e. The monoisotopic (exact) mass is 704 g/mol. The van der Waals surface area contributed by atoms with Gasteiger partial charge in [0.05, 0.1) is 8.07 Å². The first-order valence-corrected chi connectivity index (χ1v) is 16.3. The zero-order valence-corrected chi connectivity index (χ0v) is 29.8. The van der Waals surface area contributed by atoms with Crippen LogP contribution in [-0.4, -0.2) is 8.07 Å². The number of hydrogen-bond acceptors (Lipinski definition) is 0. The van der Waals surface area contributed by atoms with E-state index < -0.39 is 8.07 Å². The second kappa shape index (κ2) is 12.0. The van der Waals surface area contributed by atoms with Crippen molar-refractivity contribution in [3.63, 3.8) is 0 Å². The van der Waals surface area contributed by atoms with E-state index in [1.165, 1.54) is 76.4 Å². The maximum atomic E-state index is 2.50. The van der Waals surface area contributed by atoms with Gasteiger partial charge >= 0.3 is 25.8 Å². The quantitative estimate of drug-likeness (QED) is 0.127. The van der Waals surface area contributed by atoms with Crippen LogP contribution in [-0.2, 0) is 25.8 Å². The number of rotatable bonds is 4. The van der Waals surface area contributed by atoms with E-state index >= 15 is 0 Å². The summed E-state index contributed by atoms with van der Waals surface area (Å²) in [7, 11) is -1.92. The van der Waals surface area contributed by atoms with E-state index in [0.29, 0.717) is 0 Å². The SMILES string of the molecule is Cc1ccc(C)c(-c2cccc3[cH-]c([Si](C)(C)c4cc5c(-c6cc(C)ccc6C)cccc5[cH-]4)cc23)c1.[CH3-].[CH3-].[Hf+4]. The first-order chi connectivity index (χ1) is 17.7. The third-order valence-corrected chi connectivity index (χ3v) is 11.8. The second-order valence-electron chi connectivity index (χ2n) is 11.4. The summed E-state index contributed by atoms with van der Waals surface area (Å²) in [5, 5.41) is 8.45. The molecule has 6 rings (SSSR count). The second-order valence-corrected chi connectivity index (χ2v) is 15.8. The van der Waals surface area contributed by atoms with Crippen molar-refractivity contribution in [1.29, 1.82) is 0 Å². The number of fused-ring (bicyclic) bond motifs is 2. The molecule has 0 atom stereocenters. The Labute approximate surface area is 261 Å². The maximum absolute atomic E-state index is 2.50. The van der Waals surface area contributed by atoms with Crippen molar-refractivity contribution < 1.29 is 25.8 Å². The fourth-order valence-electron chi connectivity index (χ4n) is 5.88. The van der Waals surface area contributed by atoms with E-state index in [0.717, 1.165) is 0 Å². The Kier molecular flexibility index (Phi) is 9.49. The Bertz CT molecular complexity index is 1660. The summed E-state index contributed by atoms with van der Waals surface area (Å²) in [6.07, 6.45) is 0. The zero-order valence-electron chi connectivity index (χ0n) is 25.2. The van der Waals surface area contributed by atoms with Gasteiger partial charge < -0.3 is 14.9 Å². The van der Waals surface area contributed by atoms with Gasteiger partial charge in [-0.3, -0.25) is 0 Å². The van der Waals surface area contributed by atoms with Gasteiger partial charge in [-0.25, -0.2) is 0 Å². The first-order valence-electron chi connectivity index (χ1n) is 13.3. The van der Waals surface area contributed by atoms with Gasteiger partial charge in [0, 0.05) is 0 Å². The molecule has 0 N–H and O–H groups in total. The van der Waals surface area contributed by atoms with Crippen LogP contribution in [0.25, 0.3) is 43.8 Å². The van der Waals surface area contributed by atoms with Gasteiger partial charge in [0.15, 0.2) is 0 Å². The molecule has 0 aliphatic carbocycles. The van der Waals surface area contributed by atoms with Gasteiger partial charge in [-0.2, -0.15) is 12.1 Å². The standard InChI is InChI=1S/C36H34Si.2CH3.Hf/c1-23-13-15-25(3)33(17-23)31-11-7-9-27-19-29(21-35(27)31)37(5,6)30-20-28-10-8-12-32(36(28)22-30)34-18-24(2)14-16-26(34)4;;;/h7-22H,1-6H3;2*1H3;/q-2;2*-1;+4. The summed E-state index contributed by atoms with van der Waals surface area (Å²) in [4.78, 5) is 0. The number of aryl methyl sites for hydroxylation is 4. The molecule has 6 aromatic carbocycles. The molecule has 0 nitrogen and oxygen atoms in total. The summed E-state index contributed by atoms with van der Waals surface area (Å²) < 4.78 is 0. The van der Waals surface area contributed by atoms with E-state index in [-0.39, 0.29) is 40.7 Å². The van der Waals surface area contributed by atoms with E-state index in [1.54, 1.807) is 0 Å². The molecule has 0 aliphatic heterocycles. The molecule has 0 saturated heterocycles. The maximum Gasteiger partial charge on any atom is 4.00 e. The van der Waals surface area contributed by atoms with Gasteiger partial charge in [-0.1, -0.05) is 83.9 Å². The minimum absolute atomic E-state index is 0. The molecule has 0 radical (unpaired) electrons. The summed E-state index contributed by atoms with van der Waals surface area (Å²) in [6, 6.07) is 37.0. The Morgan fingerprint density at radius 2 is 0.900 bits per heavy atom. The molecule has 0 aromatic heterocycles. The van der Waals surface area contributed by atoms with Crippen LogP contribution in [0.3, 0.4) is 0 Å². The molecular formula is C38H40HfSi. The van der Waals surface area contributed by atoms with Crippen LogP contribution >= 0.6 is 0 Å². The zero-order chi connectivity index (χ0) is 25.9. The van der Waals surface area contributed by atoms with Gasteiger partial charge in [0.25, 0.3) is 0 Å². The van der Waals surface area contributed by atoms with Crippen LogP contribution in [0.1, 0.15) is 22.3 Å². The molecule has 0 unspecified atom stereocenters. The summed E-state index contributed by atoms with van der Waals surface area (Å²) >= 11 is 0. The van der Waals surface area contributed by atoms with Crippen LogP contribution < -0.4 is 10.4 Å². The smallest absolute Gasteiger partial charge is 0.358 e. The molecular weight excluding hydrogens is 663 g/mol. The normalized spacial score (nSPS) is 11.2. The van der Waals surface area contributed by atoms with E-state index in [4.69, 9.17) is 0 Å². The molecule has 0 heterocycles. The van der Waals surface area contributed by atoms with Crippen molar-refractivity contribution in [2.45, 2.75) is 40.8 Å². The molecule has 6 aromatic rings. The van der Waals surface area contributed by atoms with Crippen LogP contribution in [0, 0.1) is 42.5 Å². The average molecular weight is 703 g/mol. The van der Waals surface area contributed by atoms with Gasteiger partial charge in [0.1, 0.15) is 0 Å². The van der Waals surface area contributed by atoms with Crippen molar-refractivity contribution in [3.8, 4) is 22.3 Å². The van der Waals surface area contributed by atoms with Crippen molar-refractivity contribution in [1.82, 2.24) is 0 Å². The molecule has 0 spiro atoms. The molecule has 0 aliphatic rings. The van der Waals surface area contributed by atoms with Crippen molar-refractivity contribution in [2.24, 2.45) is 0 Å². The van der Waals surface area contributed by atoms with Gasteiger partial charge in [-0.05, 0) is 49.9 Å². The predicted molar refractivity (Wildman–Crippen MR) is 178 cm³/mol. The molecule has 0 amide bonds.